The second-order valence-corrected chi connectivity index (χ2v) is 5.38. The lowest BCUT2D eigenvalue weighted by Crippen LogP contribution is -1.88. The number of aromatic nitrogens is 1. The molecular weight excluding hydrogens is 300 g/mol. The molecule has 3 rings (SSSR count). The molecular formula is C16H14N2O3S. The molecule has 0 saturated carbocycles. The Balaban J connectivity index is 1.58. The molecule has 112 valence electrons. The van der Waals surface area contributed by atoms with Gasteiger partial charge in [0.1, 0.15) is 17.7 Å². The van der Waals surface area contributed by atoms with E-state index in [2.05, 4.69) is 10.1 Å². The smallest absolute Gasteiger partial charge is 0.226 e. The molecule has 2 heterocycles. The highest BCUT2D eigenvalue weighted by molar-refractivity contribution is 7.11. The van der Waals surface area contributed by atoms with Gasteiger partial charge in [0.2, 0.25) is 5.89 Å². The molecule has 0 bridgehead atoms. The Hall–Kier alpha value is -2.60. The van der Waals surface area contributed by atoms with E-state index in [0.717, 1.165) is 16.2 Å². The van der Waals surface area contributed by atoms with Gasteiger partial charge >= 0.3 is 0 Å². The summed E-state index contributed by atoms with van der Waals surface area (Å²) in [6.07, 6.45) is 3.25. The molecule has 0 saturated heterocycles. The summed E-state index contributed by atoms with van der Waals surface area (Å²) in [4.78, 5) is 10.6. The molecule has 0 spiro atoms. The van der Waals surface area contributed by atoms with Crippen molar-refractivity contribution in [3.8, 4) is 17.2 Å². The Bertz CT molecular complexity index is 733. The van der Waals surface area contributed by atoms with Crippen LogP contribution in [0.4, 0.5) is 0 Å². The molecule has 0 N–H and O–H groups in total. The van der Waals surface area contributed by atoms with Crippen LogP contribution in [0, 0.1) is 0 Å². The minimum Gasteiger partial charge on any atom is -0.497 e. The number of benzene rings is 1. The van der Waals surface area contributed by atoms with Gasteiger partial charge in [0.15, 0.2) is 6.61 Å². The third-order valence-electron chi connectivity index (χ3n) is 2.90. The zero-order valence-corrected chi connectivity index (χ0v) is 12.7. The number of hydrogen-bond donors (Lipinski definition) is 0. The molecule has 0 fully saturated rings. The Labute approximate surface area is 131 Å². The van der Waals surface area contributed by atoms with E-state index in [1.807, 2.05) is 41.8 Å². The first kappa shape index (κ1) is 14.3. The van der Waals surface area contributed by atoms with Gasteiger partial charge in [-0.3, -0.25) is 0 Å². The number of hydrogen-bond acceptors (Lipinski definition) is 6. The van der Waals surface area contributed by atoms with Gasteiger partial charge in [-0.15, -0.1) is 11.3 Å². The number of oxime groups is 1. The molecule has 0 aliphatic heterocycles. The van der Waals surface area contributed by atoms with Gasteiger partial charge in [-0.1, -0.05) is 11.2 Å². The lowest BCUT2D eigenvalue weighted by molar-refractivity contribution is 0.129. The summed E-state index contributed by atoms with van der Waals surface area (Å²) in [6.45, 7) is 0.265. The molecule has 0 aliphatic rings. The summed E-state index contributed by atoms with van der Waals surface area (Å²) in [6, 6.07) is 11.4. The Kier molecular flexibility index (Phi) is 4.50. The maximum atomic E-state index is 5.45. The summed E-state index contributed by atoms with van der Waals surface area (Å²) in [7, 11) is 1.63. The highest BCUT2D eigenvalue weighted by Crippen LogP contribution is 2.21. The lowest BCUT2D eigenvalue weighted by Gasteiger charge is -1.99. The molecule has 0 aliphatic carbocycles. The van der Waals surface area contributed by atoms with Gasteiger partial charge in [-0.2, -0.15) is 0 Å². The fourth-order valence-electron chi connectivity index (χ4n) is 1.80. The van der Waals surface area contributed by atoms with Gasteiger partial charge < -0.3 is 14.0 Å². The quantitative estimate of drug-likeness (QED) is 0.510. The monoisotopic (exact) mass is 314 g/mol. The Morgan fingerprint density at radius 2 is 2.14 bits per heavy atom. The largest absolute Gasteiger partial charge is 0.497 e. The Morgan fingerprint density at radius 1 is 1.27 bits per heavy atom. The van der Waals surface area contributed by atoms with E-state index < -0.39 is 0 Å². The van der Waals surface area contributed by atoms with Crippen LogP contribution in [-0.4, -0.2) is 18.3 Å². The number of ether oxygens (including phenoxy) is 1. The zero-order chi connectivity index (χ0) is 15.2. The summed E-state index contributed by atoms with van der Waals surface area (Å²) >= 11 is 1.60. The lowest BCUT2D eigenvalue weighted by atomic mass is 10.2. The number of rotatable bonds is 6. The number of methoxy groups -OCH3 is 1. The molecule has 5 nitrogen and oxygen atoms in total. The van der Waals surface area contributed by atoms with E-state index >= 15 is 0 Å². The number of oxazole rings is 1. The summed E-state index contributed by atoms with van der Waals surface area (Å²) in [5.41, 5.74) is 1.57. The maximum Gasteiger partial charge on any atom is 0.226 e. The zero-order valence-electron chi connectivity index (χ0n) is 11.9. The van der Waals surface area contributed by atoms with E-state index in [4.69, 9.17) is 14.0 Å². The molecule has 22 heavy (non-hydrogen) atoms. The van der Waals surface area contributed by atoms with Crippen molar-refractivity contribution < 1.29 is 14.0 Å². The molecule has 0 amide bonds. The standard InChI is InChI=1S/C16H14N2O3S/c1-19-14-6-4-12(5-7-14)16-18-13(10-20-16)11-21-17-9-15-3-2-8-22-15/h2-10H,11H2,1H3/b17-9+. The third-order valence-corrected chi connectivity index (χ3v) is 3.71. The van der Waals surface area contributed by atoms with Crippen LogP contribution in [0.1, 0.15) is 10.6 Å². The maximum absolute atomic E-state index is 5.45. The minimum atomic E-state index is 0.265. The first-order valence-corrected chi connectivity index (χ1v) is 7.51. The molecule has 2 aromatic heterocycles. The van der Waals surface area contributed by atoms with Crippen molar-refractivity contribution in [3.63, 3.8) is 0 Å². The van der Waals surface area contributed by atoms with Gasteiger partial charge in [0.25, 0.3) is 0 Å². The fraction of sp³-hybridized carbons (Fsp3) is 0.125. The molecule has 3 aromatic rings. The van der Waals surface area contributed by atoms with Crippen molar-refractivity contribution in [1.82, 2.24) is 4.98 Å². The van der Waals surface area contributed by atoms with Crippen molar-refractivity contribution in [2.45, 2.75) is 6.61 Å². The van der Waals surface area contributed by atoms with Gasteiger partial charge in [-0.25, -0.2) is 4.98 Å². The summed E-state index contributed by atoms with van der Waals surface area (Å²) in [5, 5.41) is 5.89. The third kappa shape index (κ3) is 3.53. The highest BCUT2D eigenvalue weighted by Gasteiger charge is 2.07. The highest BCUT2D eigenvalue weighted by atomic mass is 32.1. The van der Waals surface area contributed by atoms with E-state index in [9.17, 15) is 0 Å². The first-order chi connectivity index (χ1) is 10.8. The summed E-state index contributed by atoms with van der Waals surface area (Å²) < 4.78 is 10.6. The normalized spacial score (nSPS) is 11.0. The predicted molar refractivity (Wildman–Crippen MR) is 85.2 cm³/mol. The fourth-order valence-corrected chi connectivity index (χ4v) is 2.37. The van der Waals surface area contributed by atoms with Crippen molar-refractivity contribution in [3.05, 3.63) is 58.6 Å². The van der Waals surface area contributed by atoms with Crippen molar-refractivity contribution in [2.75, 3.05) is 7.11 Å². The van der Waals surface area contributed by atoms with E-state index in [1.54, 1.807) is 30.9 Å². The second-order valence-electron chi connectivity index (χ2n) is 4.40. The van der Waals surface area contributed by atoms with E-state index in [1.165, 1.54) is 0 Å². The topological polar surface area (TPSA) is 56.9 Å². The first-order valence-electron chi connectivity index (χ1n) is 6.63. The molecule has 0 radical (unpaired) electrons. The van der Waals surface area contributed by atoms with Crippen LogP contribution in [0.5, 0.6) is 5.75 Å². The second kappa shape index (κ2) is 6.91. The van der Waals surface area contributed by atoms with Crippen molar-refractivity contribution in [2.24, 2.45) is 5.16 Å². The minimum absolute atomic E-state index is 0.265. The van der Waals surface area contributed by atoms with E-state index in [0.29, 0.717) is 11.6 Å². The number of nitrogens with zero attached hydrogens (tertiary/aromatic N) is 2. The van der Waals surface area contributed by atoms with Crippen molar-refractivity contribution >= 4 is 17.6 Å². The average Bonchev–Trinajstić information content (AvgIpc) is 3.23. The molecule has 0 atom stereocenters. The molecule has 0 unspecified atom stereocenters. The van der Waals surface area contributed by atoms with Crippen LogP contribution >= 0.6 is 11.3 Å². The Morgan fingerprint density at radius 3 is 2.86 bits per heavy atom. The molecule has 6 heteroatoms. The van der Waals surface area contributed by atoms with Gasteiger partial charge in [0, 0.05) is 10.4 Å². The van der Waals surface area contributed by atoms with Crippen LogP contribution in [0.3, 0.4) is 0 Å². The summed E-state index contributed by atoms with van der Waals surface area (Å²) in [5.74, 6) is 1.34. The van der Waals surface area contributed by atoms with Crippen LogP contribution in [-0.2, 0) is 11.4 Å². The van der Waals surface area contributed by atoms with Crippen LogP contribution < -0.4 is 4.74 Å². The van der Waals surface area contributed by atoms with Crippen LogP contribution in [0.2, 0.25) is 0 Å². The average molecular weight is 314 g/mol. The number of thiophene rings is 1. The SMILES string of the molecule is COc1ccc(-c2nc(CO/N=C/c3cccs3)co2)cc1. The van der Waals surface area contributed by atoms with E-state index in [-0.39, 0.29) is 6.61 Å². The molecule has 1 aromatic carbocycles. The van der Waals surface area contributed by atoms with Crippen molar-refractivity contribution in [1.29, 1.82) is 0 Å². The van der Waals surface area contributed by atoms with Crippen LogP contribution in [0.15, 0.2) is 57.6 Å². The van der Waals surface area contributed by atoms with Gasteiger partial charge in [0.05, 0.1) is 13.3 Å². The predicted octanol–water partition coefficient (Wildman–Crippen LogP) is 3.96. The van der Waals surface area contributed by atoms with Crippen LogP contribution in [0.25, 0.3) is 11.5 Å². The van der Waals surface area contributed by atoms with Gasteiger partial charge in [-0.05, 0) is 35.7 Å².